The maximum Gasteiger partial charge on any atom is 0.322 e. The molecule has 8 nitrogen and oxygen atoms in total. The molecule has 196 valence electrons. The van der Waals surface area contributed by atoms with E-state index < -0.39 is 0 Å². The Morgan fingerprint density at radius 3 is 2.29 bits per heavy atom. The number of benzene rings is 3. The highest BCUT2D eigenvalue weighted by molar-refractivity contribution is 5.97. The minimum absolute atomic E-state index is 0.108. The van der Waals surface area contributed by atoms with Crippen LogP contribution in [-0.2, 0) is 4.79 Å². The van der Waals surface area contributed by atoms with Gasteiger partial charge in [-0.1, -0.05) is 74.0 Å². The topological polar surface area (TPSA) is 88.5 Å². The van der Waals surface area contributed by atoms with Crippen LogP contribution in [0.5, 0.6) is 5.75 Å². The van der Waals surface area contributed by atoms with Gasteiger partial charge in [-0.15, -0.1) is 0 Å². The van der Waals surface area contributed by atoms with Crippen LogP contribution in [-0.4, -0.2) is 46.3 Å². The van der Waals surface area contributed by atoms with Crippen molar-refractivity contribution in [3.63, 3.8) is 0 Å². The van der Waals surface area contributed by atoms with Crippen LogP contribution < -0.4 is 15.4 Å². The molecular formula is C30H33N5O3. The summed E-state index contributed by atoms with van der Waals surface area (Å²) in [6, 6.07) is 28.1. The largest absolute Gasteiger partial charge is 0.492 e. The van der Waals surface area contributed by atoms with E-state index >= 15 is 0 Å². The number of aromatic nitrogens is 2. The summed E-state index contributed by atoms with van der Waals surface area (Å²) in [6.45, 7) is 4.75. The molecule has 0 aliphatic rings. The monoisotopic (exact) mass is 511 g/mol. The third kappa shape index (κ3) is 6.79. The van der Waals surface area contributed by atoms with Crippen molar-refractivity contribution in [2.24, 2.45) is 0 Å². The maximum atomic E-state index is 13.2. The number of anilines is 2. The number of nitrogens with zero attached hydrogens (tertiary/aromatic N) is 3. The lowest BCUT2D eigenvalue weighted by molar-refractivity contribution is -0.116. The number of rotatable bonds is 11. The van der Waals surface area contributed by atoms with E-state index in [0.29, 0.717) is 30.4 Å². The number of hydrogen-bond acceptors (Lipinski definition) is 4. The maximum absolute atomic E-state index is 13.2. The van der Waals surface area contributed by atoms with Crippen LogP contribution in [0.2, 0.25) is 0 Å². The first kappa shape index (κ1) is 26.5. The van der Waals surface area contributed by atoms with Gasteiger partial charge in [0.2, 0.25) is 5.91 Å². The molecule has 4 rings (SSSR count). The first-order valence-corrected chi connectivity index (χ1v) is 12.9. The summed E-state index contributed by atoms with van der Waals surface area (Å²) >= 11 is 0. The highest BCUT2D eigenvalue weighted by atomic mass is 16.5. The number of amides is 3. The molecule has 0 atom stereocenters. The van der Waals surface area contributed by atoms with Gasteiger partial charge in [-0.3, -0.25) is 4.79 Å². The fourth-order valence-electron chi connectivity index (χ4n) is 3.99. The van der Waals surface area contributed by atoms with E-state index in [1.165, 1.54) is 4.90 Å². The second kappa shape index (κ2) is 13.1. The molecule has 1 aromatic heterocycles. The Kier molecular flexibility index (Phi) is 9.12. The average molecular weight is 512 g/mol. The summed E-state index contributed by atoms with van der Waals surface area (Å²) in [5, 5.41) is 10.6. The molecule has 0 saturated heterocycles. The van der Waals surface area contributed by atoms with Crippen molar-refractivity contribution in [3.8, 4) is 22.7 Å². The van der Waals surface area contributed by atoms with Crippen molar-refractivity contribution in [1.29, 1.82) is 0 Å². The number of carbonyl (C=O) groups is 2. The Morgan fingerprint density at radius 1 is 0.895 bits per heavy atom. The fourth-order valence-corrected chi connectivity index (χ4v) is 3.99. The average Bonchev–Trinajstić information content (AvgIpc) is 3.36. The van der Waals surface area contributed by atoms with Crippen molar-refractivity contribution in [3.05, 3.63) is 91.0 Å². The van der Waals surface area contributed by atoms with Crippen molar-refractivity contribution in [1.82, 2.24) is 14.7 Å². The first-order valence-electron chi connectivity index (χ1n) is 12.9. The number of para-hydroxylation sites is 3. The zero-order valence-corrected chi connectivity index (χ0v) is 21.8. The number of ether oxygens (including phenoxy) is 1. The Balaban J connectivity index is 1.54. The third-order valence-corrected chi connectivity index (χ3v) is 5.88. The summed E-state index contributed by atoms with van der Waals surface area (Å²) in [4.78, 5) is 28.0. The molecule has 1 heterocycles. The molecule has 0 spiro atoms. The van der Waals surface area contributed by atoms with Crippen LogP contribution >= 0.6 is 0 Å². The highest BCUT2D eigenvalue weighted by Crippen LogP contribution is 2.26. The number of urea groups is 1. The van der Waals surface area contributed by atoms with Gasteiger partial charge in [0.15, 0.2) is 0 Å². The molecular weight excluding hydrogens is 478 g/mol. The molecule has 4 aromatic rings. The van der Waals surface area contributed by atoms with Gasteiger partial charge in [-0.2, -0.15) is 5.10 Å². The normalized spacial score (nSPS) is 10.6. The second-order valence-corrected chi connectivity index (χ2v) is 8.71. The van der Waals surface area contributed by atoms with Gasteiger partial charge in [-0.25, -0.2) is 9.48 Å². The molecule has 0 aliphatic carbocycles. The van der Waals surface area contributed by atoms with Gasteiger partial charge in [-0.05, 0) is 37.6 Å². The minimum atomic E-state index is -0.359. The Morgan fingerprint density at radius 2 is 1.58 bits per heavy atom. The first-order chi connectivity index (χ1) is 18.6. The molecule has 8 heteroatoms. The molecule has 0 saturated carbocycles. The fraction of sp³-hybridized carbons (Fsp3) is 0.233. The lowest BCUT2D eigenvalue weighted by Gasteiger charge is -2.23. The van der Waals surface area contributed by atoms with Gasteiger partial charge in [0, 0.05) is 18.2 Å². The van der Waals surface area contributed by atoms with Crippen LogP contribution in [0.4, 0.5) is 16.3 Å². The Labute approximate surface area is 223 Å². The third-order valence-electron chi connectivity index (χ3n) is 5.88. The van der Waals surface area contributed by atoms with E-state index in [4.69, 9.17) is 9.84 Å². The number of unbranched alkanes of at least 4 members (excludes halogenated alkanes) is 1. The zero-order chi connectivity index (χ0) is 26.7. The van der Waals surface area contributed by atoms with Crippen molar-refractivity contribution >= 4 is 23.4 Å². The zero-order valence-electron chi connectivity index (χ0n) is 21.8. The smallest absolute Gasteiger partial charge is 0.322 e. The van der Waals surface area contributed by atoms with E-state index in [1.807, 2.05) is 92.7 Å². The van der Waals surface area contributed by atoms with Crippen molar-refractivity contribution in [2.45, 2.75) is 26.7 Å². The quantitative estimate of drug-likeness (QED) is 0.251. The van der Waals surface area contributed by atoms with E-state index in [-0.39, 0.29) is 18.5 Å². The number of carbonyl (C=O) groups excluding carboxylic acids is 2. The van der Waals surface area contributed by atoms with Gasteiger partial charge in [0.25, 0.3) is 0 Å². The molecule has 0 bridgehead atoms. The molecule has 38 heavy (non-hydrogen) atoms. The predicted octanol–water partition coefficient (Wildman–Crippen LogP) is 6.21. The van der Waals surface area contributed by atoms with Gasteiger partial charge < -0.3 is 20.3 Å². The lowest BCUT2D eigenvalue weighted by Crippen LogP contribution is -2.41. The summed E-state index contributed by atoms with van der Waals surface area (Å²) in [7, 11) is 0. The van der Waals surface area contributed by atoms with Crippen molar-refractivity contribution < 1.29 is 14.3 Å². The van der Waals surface area contributed by atoms with Crippen LogP contribution in [0.25, 0.3) is 16.9 Å². The molecule has 3 aromatic carbocycles. The Bertz CT molecular complexity index is 1340. The van der Waals surface area contributed by atoms with E-state index in [1.54, 1.807) is 16.8 Å². The lowest BCUT2D eigenvalue weighted by atomic mass is 10.1. The van der Waals surface area contributed by atoms with Gasteiger partial charge >= 0.3 is 6.03 Å². The SMILES string of the molecule is CCCCN(CC(=O)Nc1cc(-c2ccccc2)nn1-c1ccccc1)C(=O)Nc1ccccc1OCC. The summed E-state index contributed by atoms with van der Waals surface area (Å²) in [5.41, 5.74) is 3.06. The highest BCUT2D eigenvalue weighted by Gasteiger charge is 2.20. The van der Waals surface area contributed by atoms with Crippen LogP contribution in [0.3, 0.4) is 0 Å². The number of nitrogens with one attached hydrogen (secondary N) is 2. The van der Waals surface area contributed by atoms with E-state index in [9.17, 15) is 9.59 Å². The van der Waals surface area contributed by atoms with E-state index in [0.717, 1.165) is 29.8 Å². The molecule has 0 radical (unpaired) electrons. The summed E-state index contributed by atoms with van der Waals surface area (Å²) < 4.78 is 7.33. The molecule has 0 fully saturated rings. The summed E-state index contributed by atoms with van der Waals surface area (Å²) in [5.74, 6) is 0.798. The van der Waals surface area contributed by atoms with Gasteiger partial charge in [0.1, 0.15) is 18.1 Å². The minimum Gasteiger partial charge on any atom is -0.492 e. The standard InChI is InChI=1S/C30H33N5O3/c1-3-5-20-34(30(37)31-25-18-12-13-19-27(25)38-4-2)22-29(36)32-28-21-26(23-14-8-6-9-15-23)33-35(28)24-16-10-7-11-17-24/h6-19,21H,3-5,20,22H2,1-2H3,(H,31,37)(H,32,36). The summed E-state index contributed by atoms with van der Waals surface area (Å²) in [6.07, 6.45) is 1.66. The van der Waals surface area contributed by atoms with Crippen LogP contribution in [0.1, 0.15) is 26.7 Å². The van der Waals surface area contributed by atoms with Gasteiger partial charge in [0.05, 0.1) is 23.7 Å². The molecule has 0 unspecified atom stereocenters. The predicted molar refractivity (Wildman–Crippen MR) is 151 cm³/mol. The van der Waals surface area contributed by atoms with E-state index in [2.05, 4.69) is 10.6 Å². The number of hydrogen-bond donors (Lipinski definition) is 2. The molecule has 3 amide bonds. The van der Waals surface area contributed by atoms with Crippen LogP contribution in [0, 0.1) is 0 Å². The molecule has 2 N–H and O–H groups in total. The van der Waals surface area contributed by atoms with Crippen LogP contribution in [0.15, 0.2) is 91.0 Å². The van der Waals surface area contributed by atoms with Crippen molar-refractivity contribution in [2.75, 3.05) is 30.3 Å². The second-order valence-electron chi connectivity index (χ2n) is 8.71. The molecule has 0 aliphatic heterocycles. The Hall–Kier alpha value is -4.59.